The van der Waals surface area contributed by atoms with Gasteiger partial charge in [0.05, 0.1) is 0 Å². The molecule has 0 aromatic heterocycles. The summed E-state index contributed by atoms with van der Waals surface area (Å²) >= 11 is 0. The molecule has 0 radical (unpaired) electrons. The normalized spacial score (nSPS) is 14.0. The molecule has 0 heterocycles. The monoisotopic (exact) mass is 309 g/mol. The van der Waals surface area contributed by atoms with Crippen LogP contribution in [-0.4, -0.2) is 0 Å². The van der Waals surface area contributed by atoms with Crippen molar-refractivity contribution in [1.82, 2.24) is 0 Å². The molecule has 0 aliphatic heterocycles. The molecule has 0 spiro atoms. The summed E-state index contributed by atoms with van der Waals surface area (Å²) in [6.07, 6.45) is 19.9. The quantitative estimate of drug-likeness (QED) is 0.314. The number of nitrogens with two attached hydrogens (primary N) is 1. The largest absolute Gasteiger partial charge is 0.402 e. The topological polar surface area (TPSA) is 26.0 Å². The van der Waals surface area contributed by atoms with E-state index < -0.39 is 0 Å². The van der Waals surface area contributed by atoms with Gasteiger partial charge in [0.15, 0.2) is 0 Å². The lowest BCUT2D eigenvalue weighted by Crippen LogP contribution is -2.04. The van der Waals surface area contributed by atoms with Crippen LogP contribution in [0.2, 0.25) is 0 Å². The Morgan fingerprint density at radius 1 is 0.682 bits per heavy atom. The van der Waals surface area contributed by atoms with E-state index >= 15 is 0 Å². The summed E-state index contributed by atoms with van der Waals surface area (Å²) in [6, 6.07) is 0. The Hall–Kier alpha value is -0.460. The number of hydrogen-bond acceptors (Lipinski definition) is 1. The molecule has 22 heavy (non-hydrogen) atoms. The first-order valence-electron chi connectivity index (χ1n) is 10.0. The molecule has 0 aliphatic carbocycles. The smallest absolute Gasteiger partial charge is 0.00406 e. The van der Waals surface area contributed by atoms with Gasteiger partial charge in [-0.1, -0.05) is 103 Å². The Morgan fingerprint density at radius 3 is 1.41 bits per heavy atom. The van der Waals surface area contributed by atoms with Crippen LogP contribution in [0.3, 0.4) is 0 Å². The van der Waals surface area contributed by atoms with Crippen molar-refractivity contribution in [2.24, 2.45) is 11.7 Å². The van der Waals surface area contributed by atoms with Gasteiger partial charge in [0, 0.05) is 5.70 Å². The average molecular weight is 310 g/mol. The Labute approximate surface area is 141 Å². The van der Waals surface area contributed by atoms with Crippen LogP contribution in [0.25, 0.3) is 0 Å². The molecular formula is C21H43N. The van der Waals surface area contributed by atoms with Crippen LogP contribution >= 0.6 is 0 Å². The van der Waals surface area contributed by atoms with Gasteiger partial charge in [0.1, 0.15) is 0 Å². The zero-order valence-corrected chi connectivity index (χ0v) is 16.1. The minimum atomic E-state index is 0.665. The molecule has 1 nitrogen and oxygen atoms in total. The van der Waals surface area contributed by atoms with Crippen LogP contribution < -0.4 is 5.73 Å². The van der Waals surface area contributed by atoms with Crippen molar-refractivity contribution in [3.63, 3.8) is 0 Å². The van der Waals surface area contributed by atoms with Crippen LogP contribution in [-0.2, 0) is 0 Å². The first-order valence-corrected chi connectivity index (χ1v) is 10.0. The van der Waals surface area contributed by atoms with Crippen LogP contribution in [0.4, 0.5) is 0 Å². The van der Waals surface area contributed by atoms with Gasteiger partial charge in [-0.15, -0.1) is 0 Å². The van der Waals surface area contributed by atoms with Gasteiger partial charge >= 0.3 is 0 Å². The second-order valence-electron chi connectivity index (χ2n) is 7.30. The van der Waals surface area contributed by atoms with E-state index in [0.717, 1.165) is 5.70 Å². The molecule has 2 N–H and O–H groups in total. The summed E-state index contributed by atoms with van der Waals surface area (Å²) in [5.41, 5.74) is 8.26. The maximum absolute atomic E-state index is 5.86. The van der Waals surface area contributed by atoms with E-state index in [2.05, 4.69) is 20.8 Å². The van der Waals surface area contributed by atoms with Crippen molar-refractivity contribution in [3.8, 4) is 0 Å². The van der Waals surface area contributed by atoms with Gasteiger partial charge in [-0.25, -0.2) is 0 Å². The summed E-state index contributed by atoms with van der Waals surface area (Å²) in [7, 11) is 0. The first-order chi connectivity index (χ1) is 10.6. The van der Waals surface area contributed by atoms with Crippen molar-refractivity contribution in [1.29, 1.82) is 0 Å². The fourth-order valence-corrected chi connectivity index (χ4v) is 3.07. The first kappa shape index (κ1) is 21.5. The number of rotatable bonds is 15. The van der Waals surface area contributed by atoms with E-state index in [-0.39, 0.29) is 0 Å². The Kier molecular flexibility index (Phi) is 15.1. The van der Waals surface area contributed by atoms with E-state index in [4.69, 9.17) is 5.73 Å². The molecule has 1 heteroatoms. The lowest BCUT2D eigenvalue weighted by molar-refractivity contribution is 0.511. The van der Waals surface area contributed by atoms with Gasteiger partial charge in [-0.2, -0.15) is 0 Å². The minimum absolute atomic E-state index is 0.665. The third-order valence-corrected chi connectivity index (χ3v) is 5.10. The third kappa shape index (κ3) is 13.2. The maximum atomic E-state index is 5.86. The van der Waals surface area contributed by atoms with Gasteiger partial charge in [0.2, 0.25) is 0 Å². The fraction of sp³-hybridized carbons (Fsp3) is 0.905. The molecule has 0 bridgehead atoms. The maximum Gasteiger partial charge on any atom is 0.00406 e. The summed E-state index contributed by atoms with van der Waals surface area (Å²) in [5, 5.41) is 0. The third-order valence-electron chi connectivity index (χ3n) is 5.10. The van der Waals surface area contributed by atoms with E-state index in [1.165, 1.54) is 95.5 Å². The zero-order valence-electron chi connectivity index (χ0n) is 16.1. The molecule has 1 atom stereocenters. The number of hydrogen-bond donors (Lipinski definition) is 1. The lowest BCUT2D eigenvalue weighted by atomic mass is 9.94. The molecular weight excluding hydrogens is 266 g/mol. The Bertz CT molecular complexity index is 263. The summed E-state index contributed by atoms with van der Waals surface area (Å²) in [4.78, 5) is 0. The number of unbranched alkanes of at least 4 members (excludes halogenated alkanes) is 12. The highest BCUT2D eigenvalue weighted by atomic mass is 14.6. The molecule has 0 aromatic rings. The highest BCUT2D eigenvalue weighted by Crippen LogP contribution is 2.20. The van der Waals surface area contributed by atoms with Crippen LogP contribution in [0.5, 0.6) is 0 Å². The fourth-order valence-electron chi connectivity index (χ4n) is 3.07. The van der Waals surface area contributed by atoms with E-state index in [1.807, 2.05) is 6.92 Å². The molecule has 0 saturated carbocycles. The minimum Gasteiger partial charge on any atom is -0.402 e. The molecule has 132 valence electrons. The predicted molar refractivity (Wildman–Crippen MR) is 102 cm³/mol. The zero-order chi connectivity index (χ0) is 16.6. The van der Waals surface area contributed by atoms with Gasteiger partial charge in [-0.3, -0.25) is 0 Å². The Balaban J connectivity index is 3.23. The predicted octanol–water partition coefficient (Wildman–Crippen LogP) is 7.36. The molecule has 0 aromatic carbocycles. The van der Waals surface area contributed by atoms with Gasteiger partial charge in [-0.05, 0) is 26.2 Å². The van der Waals surface area contributed by atoms with Crippen LogP contribution in [0.1, 0.15) is 118 Å². The van der Waals surface area contributed by atoms with Crippen molar-refractivity contribution >= 4 is 0 Å². The SMILES string of the molecule is CCCCCCCCCCCCCCCC(C)C(C)=C(C)N. The van der Waals surface area contributed by atoms with Crippen LogP contribution in [0.15, 0.2) is 11.3 Å². The molecule has 0 saturated heterocycles. The van der Waals surface area contributed by atoms with Crippen LogP contribution in [0, 0.1) is 5.92 Å². The molecule has 0 aliphatic rings. The summed E-state index contributed by atoms with van der Waals surface area (Å²) in [6.45, 7) is 8.81. The molecule has 0 fully saturated rings. The van der Waals surface area contributed by atoms with Crippen molar-refractivity contribution in [2.75, 3.05) is 0 Å². The summed E-state index contributed by atoms with van der Waals surface area (Å²) in [5.74, 6) is 0.665. The lowest BCUT2D eigenvalue weighted by Gasteiger charge is -2.13. The van der Waals surface area contributed by atoms with E-state index in [0.29, 0.717) is 5.92 Å². The van der Waals surface area contributed by atoms with Crippen molar-refractivity contribution in [2.45, 2.75) is 118 Å². The second kappa shape index (κ2) is 15.4. The van der Waals surface area contributed by atoms with Gasteiger partial charge in [0.25, 0.3) is 0 Å². The second-order valence-corrected chi connectivity index (χ2v) is 7.30. The average Bonchev–Trinajstić information content (AvgIpc) is 2.50. The standard InChI is InChI=1S/C21H43N/c1-5-6-7-8-9-10-11-12-13-14-15-16-17-18-19(2)20(3)21(4)22/h19H,5-18,22H2,1-4H3. The van der Waals surface area contributed by atoms with E-state index in [1.54, 1.807) is 0 Å². The summed E-state index contributed by atoms with van der Waals surface area (Å²) < 4.78 is 0. The number of allylic oxidation sites excluding steroid dienone is 2. The van der Waals surface area contributed by atoms with Crippen molar-refractivity contribution < 1.29 is 0 Å². The highest BCUT2D eigenvalue weighted by Gasteiger charge is 2.05. The Morgan fingerprint density at radius 2 is 1.05 bits per heavy atom. The molecule has 0 rings (SSSR count). The highest BCUT2D eigenvalue weighted by molar-refractivity contribution is 5.08. The van der Waals surface area contributed by atoms with Gasteiger partial charge < -0.3 is 5.73 Å². The molecule has 1 unspecified atom stereocenters. The van der Waals surface area contributed by atoms with Crippen molar-refractivity contribution in [3.05, 3.63) is 11.3 Å². The van der Waals surface area contributed by atoms with E-state index in [9.17, 15) is 0 Å². The molecule has 0 amide bonds.